The molecule has 0 heterocycles. The van der Waals surface area contributed by atoms with Crippen LogP contribution in [0.1, 0.15) is 0 Å². The van der Waals surface area contributed by atoms with Gasteiger partial charge in [-0.1, -0.05) is 0 Å². The molecule has 0 aromatic carbocycles. The maximum Gasteiger partial charge on any atom is 0.116 e. The van der Waals surface area contributed by atoms with Crippen molar-refractivity contribution < 1.29 is 22.0 Å². The van der Waals surface area contributed by atoms with Crippen LogP contribution in [0.3, 0.4) is 0 Å². The highest BCUT2D eigenvalue weighted by Gasteiger charge is 2.13. The molecule has 0 amide bonds. The lowest BCUT2D eigenvalue weighted by atomic mass is 10.3. The van der Waals surface area contributed by atoms with E-state index in [4.69, 9.17) is 16.7 Å². The van der Waals surface area contributed by atoms with E-state index >= 15 is 0 Å². The molecule has 0 aliphatic rings. The fraction of sp³-hybridized carbons (Fsp3) is 1.00. The van der Waals surface area contributed by atoms with Crippen molar-refractivity contribution in [3.8, 4) is 0 Å². The van der Waals surface area contributed by atoms with Crippen LogP contribution >= 0.6 is 24.0 Å². The molecule has 0 aliphatic heterocycles. The number of hydrogen-bond acceptors (Lipinski definition) is 3. The first kappa shape index (κ1) is 29.2. The molecule has 4 nitrogen and oxygen atoms in total. The average Bonchev–Trinajstić information content (AvgIpc) is 1.62. The molecule has 88 valence electrons. The first-order valence-electron chi connectivity index (χ1n) is 3.00. The summed E-state index contributed by atoms with van der Waals surface area (Å²) in [7, 11) is 6.07. The van der Waals surface area contributed by atoms with Gasteiger partial charge in [-0.3, -0.25) is 0 Å². The zero-order chi connectivity index (χ0) is 7.49. The van der Waals surface area contributed by atoms with Crippen LogP contribution in [0.5, 0.6) is 0 Å². The second-order valence-electron chi connectivity index (χ2n) is 3.28. The molecule has 0 fully saturated rings. The summed E-state index contributed by atoms with van der Waals surface area (Å²) in [5, 5.41) is 9.05. The Labute approximate surface area is 98.2 Å². The third-order valence-electron chi connectivity index (χ3n) is 0.937. The van der Waals surface area contributed by atoms with Crippen molar-refractivity contribution in [2.24, 2.45) is 0 Å². The molecule has 7 N–H and O–H groups in total. The highest BCUT2D eigenvalue weighted by atomic mass is 35.5. The van der Waals surface area contributed by atoms with Crippen molar-refractivity contribution >= 4 is 24.0 Å². The molecule has 0 spiro atoms. The second kappa shape index (κ2) is 12.7. The van der Waals surface area contributed by atoms with Crippen LogP contribution in [-0.4, -0.2) is 49.3 Å². The van der Waals surface area contributed by atoms with Crippen LogP contribution in [0.2, 0.25) is 0 Å². The molecule has 0 saturated carbocycles. The first-order valence-corrected chi connectivity index (χ1v) is 3.53. The number of likely N-dealkylation sites (N-methyl/N-ethyl adjacent to an activating group) is 1. The molecule has 0 aromatic rings. The molecule has 0 bridgehead atoms. The third kappa shape index (κ3) is 24.5. The van der Waals surface area contributed by atoms with Gasteiger partial charge in [-0.25, -0.2) is 0 Å². The molecule has 0 saturated heterocycles. The topological polar surface area (TPSA) is 90.2 Å². The van der Waals surface area contributed by atoms with Gasteiger partial charge in [-0.05, 0) is 0 Å². The third-order valence-corrected chi connectivity index (χ3v) is 1.29. The molecule has 13 heavy (non-hydrogen) atoms. The number of alkyl halides is 1. The van der Waals surface area contributed by atoms with Gasteiger partial charge >= 0.3 is 0 Å². The van der Waals surface area contributed by atoms with E-state index in [1.54, 1.807) is 0 Å². The Hall–Kier alpha value is 0.710. The van der Waals surface area contributed by atoms with Gasteiger partial charge in [0, 0.05) is 0 Å². The smallest absolute Gasteiger partial charge is 0.116 e. The average molecular weight is 259 g/mol. The summed E-state index contributed by atoms with van der Waals surface area (Å²) in [6, 6.07) is 0. The number of aliphatic hydroxyl groups is 1. The number of nitrogens with zero attached hydrogens (tertiary/aromatic N) is 1. The molecule has 7 heteroatoms. The predicted molar refractivity (Wildman–Crippen MR) is 56.9 cm³/mol. The fourth-order valence-electron chi connectivity index (χ4n) is 0.681. The van der Waals surface area contributed by atoms with E-state index in [0.29, 0.717) is 12.4 Å². The van der Waals surface area contributed by atoms with Crippen LogP contribution < -0.4 is 24.7 Å². The number of halogens is 3. The van der Waals surface area contributed by atoms with Crippen LogP contribution in [0.4, 0.5) is 0 Å². The van der Waals surface area contributed by atoms with Gasteiger partial charge in [0.25, 0.3) is 0 Å². The Kier molecular flexibility index (Phi) is 28.5. The monoisotopic (exact) mass is 257 g/mol. The van der Waals surface area contributed by atoms with Crippen molar-refractivity contribution in [2.75, 3.05) is 33.6 Å². The molecule has 0 rings (SSSR count). The van der Waals surface area contributed by atoms with Crippen LogP contribution in [-0.2, 0) is 0 Å². The Morgan fingerprint density at radius 2 is 1.54 bits per heavy atom. The summed E-state index contributed by atoms with van der Waals surface area (Å²) in [4.78, 5) is 0. The van der Waals surface area contributed by atoms with E-state index in [0.717, 1.165) is 4.48 Å². The Balaban J connectivity index is -0.0000000533. The lowest BCUT2D eigenvalue weighted by Crippen LogP contribution is -3.00. The first-order chi connectivity index (χ1) is 3.95. The zero-order valence-electron chi connectivity index (χ0n) is 8.46. The SMILES string of the molecule is C[N+](C)(C)CC(O)CCl.Cl.N.N.[Cl-]. The second-order valence-corrected chi connectivity index (χ2v) is 3.59. The van der Waals surface area contributed by atoms with Gasteiger partial charge in [-0.15, -0.1) is 24.0 Å². The van der Waals surface area contributed by atoms with Gasteiger partial charge in [-0.2, -0.15) is 0 Å². The molecule has 1 atom stereocenters. The van der Waals surface area contributed by atoms with Crippen molar-refractivity contribution in [3.63, 3.8) is 0 Å². The van der Waals surface area contributed by atoms with Gasteiger partial charge in [0.15, 0.2) is 0 Å². The largest absolute Gasteiger partial charge is 1.00 e. The summed E-state index contributed by atoms with van der Waals surface area (Å²) in [5.41, 5.74) is 0. The van der Waals surface area contributed by atoms with Crippen LogP contribution in [0, 0.1) is 0 Å². The fourth-order valence-corrected chi connectivity index (χ4v) is 0.779. The van der Waals surface area contributed by atoms with E-state index in [1.807, 2.05) is 21.1 Å². The normalized spacial score (nSPS) is 10.8. The summed E-state index contributed by atoms with van der Waals surface area (Å²) in [5.74, 6) is 0.329. The number of rotatable bonds is 3. The summed E-state index contributed by atoms with van der Waals surface area (Å²) < 4.78 is 0.758. The minimum Gasteiger partial charge on any atom is -1.00 e. The highest BCUT2D eigenvalue weighted by molar-refractivity contribution is 6.18. The lowest BCUT2D eigenvalue weighted by Gasteiger charge is -2.25. The van der Waals surface area contributed by atoms with E-state index in [1.165, 1.54) is 0 Å². The van der Waals surface area contributed by atoms with E-state index in [2.05, 4.69) is 0 Å². The van der Waals surface area contributed by atoms with E-state index < -0.39 is 0 Å². The van der Waals surface area contributed by atoms with Crippen molar-refractivity contribution in [2.45, 2.75) is 6.10 Å². The number of aliphatic hydroxyl groups excluding tert-OH is 1. The van der Waals surface area contributed by atoms with Gasteiger partial charge in [0.1, 0.15) is 12.6 Å². The van der Waals surface area contributed by atoms with Crippen molar-refractivity contribution in [1.82, 2.24) is 12.3 Å². The van der Waals surface area contributed by atoms with Crippen LogP contribution in [0.15, 0.2) is 0 Å². The minimum atomic E-state index is -0.369. The number of quaternary nitrogens is 1. The van der Waals surface area contributed by atoms with Crippen LogP contribution in [0.25, 0.3) is 0 Å². The van der Waals surface area contributed by atoms with E-state index in [-0.39, 0.29) is 43.2 Å². The Morgan fingerprint density at radius 1 is 1.23 bits per heavy atom. The summed E-state index contributed by atoms with van der Waals surface area (Å²) >= 11 is 5.40. The molecule has 0 aliphatic carbocycles. The van der Waals surface area contributed by atoms with E-state index in [9.17, 15) is 0 Å². The minimum absolute atomic E-state index is 0. The quantitative estimate of drug-likeness (QED) is 0.406. The standard InChI is InChI=1S/C6H15ClNO.2ClH.2H3N/c1-8(2,3)5-6(9)4-7;;;;/h6,9H,4-5H2,1-3H3;2*1H;2*1H3/q+1;;;;/p-1. The lowest BCUT2D eigenvalue weighted by molar-refractivity contribution is -0.873. The van der Waals surface area contributed by atoms with Gasteiger partial charge in [0.05, 0.1) is 27.0 Å². The van der Waals surface area contributed by atoms with Gasteiger partial charge < -0.3 is 34.3 Å². The Morgan fingerprint density at radius 3 is 1.62 bits per heavy atom. The maximum atomic E-state index is 9.05. The number of hydrogen-bond donors (Lipinski definition) is 3. The molecule has 0 radical (unpaired) electrons. The zero-order valence-corrected chi connectivity index (χ0v) is 10.8. The summed E-state index contributed by atoms with van der Waals surface area (Å²) in [6.45, 7) is 0.712. The summed E-state index contributed by atoms with van der Waals surface area (Å²) in [6.07, 6.45) is -0.369. The van der Waals surface area contributed by atoms with Gasteiger partial charge in [0.2, 0.25) is 0 Å². The van der Waals surface area contributed by atoms with Crippen molar-refractivity contribution in [3.05, 3.63) is 0 Å². The molecule has 0 aromatic heterocycles. The Bertz CT molecular complexity index is 89.7. The molecule has 1 unspecified atom stereocenters. The molecular weight excluding hydrogens is 236 g/mol. The predicted octanol–water partition coefficient (Wildman–Crippen LogP) is -1.96. The van der Waals surface area contributed by atoms with Crippen molar-refractivity contribution in [1.29, 1.82) is 0 Å². The molecular formula is C6H22Cl3N3O. The highest BCUT2D eigenvalue weighted by Crippen LogP contribution is 1.95. The maximum absolute atomic E-state index is 9.05.